The predicted octanol–water partition coefficient (Wildman–Crippen LogP) is 1.28. The molecule has 6 heteroatoms. The van der Waals surface area contributed by atoms with Crippen LogP contribution < -0.4 is 0 Å². The Kier molecular flexibility index (Phi) is 4.84. The number of hydrogen-bond acceptors (Lipinski definition) is 5. The van der Waals surface area contributed by atoms with Gasteiger partial charge in [-0.3, -0.25) is 14.1 Å². The SMILES string of the molecule is C=CCN(CC(=O)OCC)Cc1cn2cccnc2n1. The number of rotatable bonds is 7. The van der Waals surface area contributed by atoms with E-state index in [0.29, 0.717) is 25.5 Å². The molecular weight excluding hydrogens is 256 g/mol. The van der Waals surface area contributed by atoms with E-state index in [1.807, 2.05) is 27.8 Å². The zero-order valence-electron chi connectivity index (χ0n) is 11.5. The lowest BCUT2D eigenvalue weighted by Gasteiger charge is -2.17. The van der Waals surface area contributed by atoms with Crippen molar-refractivity contribution in [3.8, 4) is 0 Å². The second kappa shape index (κ2) is 6.81. The Labute approximate surface area is 117 Å². The van der Waals surface area contributed by atoms with Crippen molar-refractivity contribution in [3.05, 3.63) is 43.0 Å². The summed E-state index contributed by atoms with van der Waals surface area (Å²) in [4.78, 5) is 22.1. The second-order valence-corrected chi connectivity index (χ2v) is 4.32. The first-order chi connectivity index (χ1) is 9.72. The van der Waals surface area contributed by atoms with Crippen molar-refractivity contribution >= 4 is 11.7 Å². The van der Waals surface area contributed by atoms with Crippen LogP contribution in [0.15, 0.2) is 37.3 Å². The Hall–Kier alpha value is -2.21. The molecule has 0 spiro atoms. The highest BCUT2D eigenvalue weighted by molar-refractivity contribution is 5.71. The first kappa shape index (κ1) is 14.2. The molecule has 106 valence electrons. The van der Waals surface area contributed by atoms with Crippen molar-refractivity contribution in [3.63, 3.8) is 0 Å². The Morgan fingerprint density at radius 2 is 2.45 bits per heavy atom. The lowest BCUT2D eigenvalue weighted by atomic mass is 10.4. The maximum absolute atomic E-state index is 11.6. The molecule has 0 aliphatic heterocycles. The predicted molar refractivity (Wildman–Crippen MR) is 75.1 cm³/mol. The van der Waals surface area contributed by atoms with Gasteiger partial charge in [0.15, 0.2) is 0 Å². The van der Waals surface area contributed by atoms with Gasteiger partial charge in [0.1, 0.15) is 0 Å². The summed E-state index contributed by atoms with van der Waals surface area (Å²) in [7, 11) is 0. The molecule has 0 atom stereocenters. The molecular formula is C14H18N4O2. The highest BCUT2D eigenvalue weighted by Crippen LogP contribution is 2.06. The summed E-state index contributed by atoms with van der Waals surface area (Å²) in [6.45, 7) is 7.26. The molecule has 0 radical (unpaired) electrons. The highest BCUT2D eigenvalue weighted by Gasteiger charge is 2.12. The lowest BCUT2D eigenvalue weighted by Crippen LogP contribution is -2.31. The molecule has 0 aromatic carbocycles. The Balaban J connectivity index is 2.06. The normalized spacial score (nSPS) is 10.9. The highest BCUT2D eigenvalue weighted by atomic mass is 16.5. The molecule has 0 bridgehead atoms. The summed E-state index contributed by atoms with van der Waals surface area (Å²) in [6, 6.07) is 1.85. The van der Waals surface area contributed by atoms with Gasteiger partial charge in [-0.25, -0.2) is 9.97 Å². The Morgan fingerprint density at radius 3 is 3.15 bits per heavy atom. The van der Waals surface area contributed by atoms with Gasteiger partial charge in [-0.05, 0) is 13.0 Å². The molecule has 2 rings (SSSR count). The van der Waals surface area contributed by atoms with Crippen LogP contribution in [0, 0.1) is 0 Å². The summed E-state index contributed by atoms with van der Waals surface area (Å²) >= 11 is 0. The standard InChI is InChI=1S/C14H18N4O2/c1-3-7-17(11-13(19)20-4-2)9-12-10-18-8-5-6-15-14(18)16-12/h3,5-6,8,10H,1,4,7,9,11H2,2H3. The van der Waals surface area contributed by atoms with E-state index in [1.165, 1.54) is 0 Å². The van der Waals surface area contributed by atoms with Crippen molar-refractivity contribution in [1.29, 1.82) is 0 Å². The number of nitrogens with zero attached hydrogens (tertiary/aromatic N) is 4. The van der Waals surface area contributed by atoms with Crippen LogP contribution in [0.4, 0.5) is 0 Å². The number of aromatic nitrogens is 3. The van der Waals surface area contributed by atoms with E-state index in [4.69, 9.17) is 4.74 Å². The minimum absolute atomic E-state index is 0.223. The van der Waals surface area contributed by atoms with Crippen molar-refractivity contribution in [2.45, 2.75) is 13.5 Å². The van der Waals surface area contributed by atoms with E-state index in [0.717, 1.165) is 5.69 Å². The monoisotopic (exact) mass is 274 g/mol. The zero-order valence-corrected chi connectivity index (χ0v) is 11.5. The molecule has 0 fully saturated rings. The fourth-order valence-corrected chi connectivity index (χ4v) is 1.94. The minimum atomic E-state index is -0.240. The van der Waals surface area contributed by atoms with E-state index < -0.39 is 0 Å². The van der Waals surface area contributed by atoms with Gasteiger partial charge in [0.25, 0.3) is 0 Å². The maximum atomic E-state index is 11.6. The molecule has 0 aliphatic rings. The van der Waals surface area contributed by atoms with Crippen LogP contribution in [0.25, 0.3) is 5.78 Å². The van der Waals surface area contributed by atoms with Gasteiger partial charge >= 0.3 is 5.97 Å². The van der Waals surface area contributed by atoms with Crippen molar-refractivity contribution in [2.24, 2.45) is 0 Å². The number of fused-ring (bicyclic) bond motifs is 1. The Bertz CT molecular complexity index is 561. The van der Waals surface area contributed by atoms with E-state index in [9.17, 15) is 4.79 Å². The smallest absolute Gasteiger partial charge is 0.320 e. The molecule has 0 N–H and O–H groups in total. The summed E-state index contributed by atoms with van der Waals surface area (Å²) < 4.78 is 6.82. The van der Waals surface area contributed by atoms with Crippen molar-refractivity contribution in [2.75, 3.05) is 19.7 Å². The summed E-state index contributed by atoms with van der Waals surface area (Å²) in [5, 5.41) is 0. The van der Waals surface area contributed by atoms with Crippen LogP contribution in [0.3, 0.4) is 0 Å². The first-order valence-corrected chi connectivity index (χ1v) is 6.50. The van der Waals surface area contributed by atoms with Gasteiger partial charge in [-0.15, -0.1) is 6.58 Å². The average Bonchev–Trinajstić information content (AvgIpc) is 2.81. The number of hydrogen-bond donors (Lipinski definition) is 0. The van der Waals surface area contributed by atoms with Crippen molar-refractivity contribution < 1.29 is 9.53 Å². The molecule has 0 saturated carbocycles. The van der Waals surface area contributed by atoms with Gasteiger partial charge in [0, 0.05) is 31.7 Å². The molecule has 20 heavy (non-hydrogen) atoms. The summed E-state index contributed by atoms with van der Waals surface area (Å²) in [5.74, 6) is 0.411. The number of carbonyl (C=O) groups is 1. The number of imidazole rings is 1. The molecule has 0 aliphatic carbocycles. The molecule has 2 heterocycles. The van der Waals surface area contributed by atoms with Crippen LogP contribution in [-0.2, 0) is 16.1 Å². The molecule has 0 unspecified atom stereocenters. The van der Waals surface area contributed by atoms with E-state index in [2.05, 4.69) is 16.5 Å². The van der Waals surface area contributed by atoms with E-state index in [-0.39, 0.29) is 12.5 Å². The third-order valence-corrected chi connectivity index (χ3v) is 2.72. The van der Waals surface area contributed by atoms with Gasteiger partial charge in [-0.2, -0.15) is 0 Å². The topological polar surface area (TPSA) is 59.7 Å². The molecule has 6 nitrogen and oxygen atoms in total. The zero-order chi connectivity index (χ0) is 14.4. The average molecular weight is 274 g/mol. The molecule has 0 saturated heterocycles. The summed E-state index contributed by atoms with van der Waals surface area (Å²) in [5.41, 5.74) is 0.856. The van der Waals surface area contributed by atoms with Gasteiger partial charge in [0.05, 0.1) is 18.8 Å². The van der Waals surface area contributed by atoms with Gasteiger partial charge < -0.3 is 4.74 Å². The minimum Gasteiger partial charge on any atom is -0.465 e. The number of carbonyl (C=O) groups excluding carboxylic acids is 1. The fourth-order valence-electron chi connectivity index (χ4n) is 1.94. The van der Waals surface area contributed by atoms with Crippen molar-refractivity contribution in [1.82, 2.24) is 19.3 Å². The quantitative estimate of drug-likeness (QED) is 0.562. The third kappa shape index (κ3) is 3.64. The Morgan fingerprint density at radius 1 is 1.60 bits per heavy atom. The van der Waals surface area contributed by atoms with Crippen LogP contribution >= 0.6 is 0 Å². The van der Waals surface area contributed by atoms with Crippen LogP contribution in [0.2, 0.25) is 0 Å². The van der Waals surface area contributed by atoms with Crippen LogP contribution in [0.5, 0.6) is 0 Å². The van der Waals surface area contributed by atoms with Crippen LogP contribution in [-0.4, -0.2) is 44.9 Å². The summed E-state index contributed by atoms with van der Waals surface area (Å²) in [6.07, 6.45) is 7.26. The number of esters is 1. The largest absolute Gasteiger partial charge is 0.465 e. The molecule has 2 aromatic rings. The molecule has 2 aromatic heterocycles. The first-order valence-electron chi connectivity index (χ1n) is 6.50. The van der Waals surface area contributed by atoms with E-state index >= 15 is 0 Å². The maximum Gasteiger partial charge on any atom is 0.320 e. The van der Waals surface area contributed by atoms with Gasteiger partial charge in [-0.1, -0.05) is 6.08 Å². The number of ether oxygens (including phenoxy) is 1. The fraction of sp³-hybridized carbons (Fsp3) is 0.357. The van der Waals surface area contributed by atoms with Gasteiger partial charge in [0.2, 0.25) is 5.78 Å². The van der Waals surface area contributed by atoms with Crippen LogP contribution in [0.1, 0.15) is 12.6 Å². The third-order valence-electron chi connectivity index (χ3n) is 2.72. The van der Waals surface area contributed by atoms with E-state index in [1.54, 1.807) is 19.2 Å². The molecule has 0 amide bonds. The second-order valence-electron chi connectivity index (χ2n) is 4.32. The lowest BCUT2D eigenvalue weighted by molar-refractivity contribution is -0.144.